The standard InChI is InChI=1S/C19H15FN2O3/c20-15-7-3-1-5-13(15)9-10-17-21-16-8-4-2-6-14(16)19(25)22(17)12-11-18(23)24/h1-10H,11-12H2,(H,23,24)/b10-9+. The highest BCUT2D eigenvalue weighted by Gasteiger charge is 2.10. The molecule has 1 aromatic heterocycles. The van der Waals surface area contributed by atoms with Gasteiger partial charge in [-0.15, -0.1) is 0 Å². The number of nitrogens with zero attached hydrogens (tertiary/aromatic N) is 2. The fourth-order valence-electron chi connectivity index (χ4n) is 2.51. The highest BCUT2D eigenvalue weighted by atomic mass is 19.1. The van der Waals surface area contributed by atoms with Gasteiger partial charge in [0.05, 0.1) is 17.3 Å². The average Bonchev–Trinajstić information content (AvgIpc) is 2.60. The lowest BCUT2D eigenvalue weighted by Crippen LogP contribution is -2.25. The summed E-state index contributed by atoms with van der Waals surface area (Å²) in [7, 11) is 0. The molecule has 0 aliphatic rings. The van der Waals surface area contributed by atoms with Gasteiger partial charge in [0, 0.05) is 12.1 Å². The number of hydrogen-bond donors (Lipinski definition) is 1. The quantitative estimate of drug-likeness (QED) is 0.775. The number of aromatic nitrogens is 2. The van der Waals surface area contributed by atoms with E-state index < -0.39 is 5.97 Å². The molecule has 25 heavy (non-hydrogen) atoms. The van der Waals surface area contributed by atoms with Crippen molar-refractivity contribution < 1.29 is 14.3 Å². The first-order chi connectivity index (χ1) is 12.1. The molecule has 0 unspecified atom stereocenters. The van der Waals surface area contributed by atoms with Crippen LogP contribution in [0.5, 0.6) is 0 Å². The lowest BCUT2D eigenvalue weighted by atomic mass is 10.2. The lowest BCUT2D eigenvalue weighted by Gasteiger charge is -2.10. The maximum Gasteiger partial charge on any atom is 0.305 e. The van der Waals surface area contributed by atoms with Crippen LogP contribution in [0.25, 0.3) is 23.1 Å². The fourth-order valence-corrected chi connectivity index (χ4v) is 2.51. The normalized spacial score (nSPS) is 11.2. The number of aliphatic carboxylic acids is 1. The number of carboxylic acids is 1. The third kappa shape index (κ3) is 3.63. The van der Waals surface area contributed by atoms with E-state index in [1.807, 2.05) is 0 Å². The molecule has 0 spiro atoms. The Labute approximate surface area is 142 Å². The number of para-hydroxylation sites is 1. The average molecular weight is 338 g/mol. The Morgan fingerprint density at radius 3 is 2.60 bits per heavy atom. The Kier molecular flexibility index (Phi) is 4.70. The number of carbonyl (C=O) groups is 1. The fraction of sp³-hybridized carbons (Fsp3) is 0.105. The molecule has 1 N–H and O–H groups in total. The van der Waals surface area contributed by atoms with Crippen molar-refractivity contribution in [2.45, 2.75) is 13.0 Å². The minimum Gasteiger partial charge on any atom is -0.481 e. The molecule has 1 heterocycles. The van der Waals surface area contributed by atoms with E-state index in [0.717, 1.165) is 0 Å². The van der Waals surface area contributed by atoms with Crippen LogP contribution in [0, 0.1) is 5.82 Å². The van der Waals surface area contributed by atoms with E-state index in [9.17, 15) is 14.0 Å². The zero-order valence-corrected chi connectivity index (χ0v) is 13.2. The van der Waals surface area contributed by atoms with Crippen LogP contribution in [-0.4, -0.2) is 20.6 Å². The molecule has 0 aliphatic heterocycles. The summed E-state index contributed by atoms with van der Waals surface area (Å²) in [4.78, 5) is 28.0. The number of hydrogen-bond acceptors (Lipinski definition) is 3. The minimum absolute atomic E-state index is 0.0110. The molecule has 0 saturated carbocycles. The number of carboxylic acid groups (broad SMARTS) is 1. The Morgan fingerprint density at radius 1 is 1.12 bits per heavy atom. The molecule has 2 aromatic carbocycles. The molecule has 0 bridgehead atoms. The third-order valence-electron chi connectivity index (χ3n) is 3.76. The highest BCUT2D eigenvalue weighted by Crippen LogP contribution is 2.13. The number of benzene rings is 2. The first-order valence-corrected chi connectivity index (χ1v) is 7.70. The minimum atomic E-state index is -1.01. The van der Waals surface area contributed by atoms with Crippen molar-refractivity contribution in [1.29, 1.82) is 0 Å². The van der Waals surface area contributed by atoms with Gasteiger partial charge >= 0.3 is 5.97 Å². The summed E-state index contributed by atoms with van der Waals surface area (Å²) in [5.74, 6) is -1.11. The molecular weight excluding hydrogens is 323 g/mol. The van der Waals surface area contributed by atoms with E-state index in [1.54, 1.807) is 42.5 Å². The van der Waals surface area contributed by atoms with Crippen LogP contribution >= 0.6 is 0 Å². The molecule has 0 amide bonds. The van der Waals surface area contributed by atoms with Gasteiger partial charge in [0.1, 0.15) is 11.6 Å². The third-order valence-corrected chi connectivity index (χ3v) is 3.76. The van der Waals surface area contributed by atoms with Crippen molar-refractivity contribution in [2.75, 3.05) is 0 Å². The van der Waals surface area contributed by atoms with E-state index in [2.05, 4.69) is 4.98 Å². The van der Waals surface area contributed by atoms with Gasteiger partial charge in [-0.05, 0) is 30.4 Å². The maximum absolute atomic E-state index is 13.8. The number of fused-ring (bicyclic) bond motifs is 1. The van der Waals surface area contributed by atoms with Crippen LogP contribution in [0.4, 0.5) is 4.39 Å². The second-order valence-electron chi connectivity index (χ2n) is 5.44. The molecule has 3 rings (SSSR count). The summed E-state index contributed by atoms with van der Waals surface area (Å²) in [5.41, 5.74) is 0.544. The predicted molar refractivity (Wildman–Crippen MR) is 93.6 cm³/mol. The monoisotopic (exact) mass is 338 g/mol. The van der Waals surface area contributed by atoms with Crippen molar-refractivity contribution in [3.63, 3.8) is 0 Å². The summed E-state index contributed by atoms with van der Waals surface area (Å²) in [6.45, 7) is -0.0110. The van der Waals surface area contributed by atoms with Gasteiger partial charge in [0.2, 0.25) is 0 Å². The number of rotatable bonds is 5. The molecule has 6 heteroatoms. The maximum atomic E-state index is 13.8. The smallest absolute Gasteiger partial charge is 0.305 e. The topological polar surface area (TPSA) is 72.2 Å². The Bertz CT molecular complexity index is 1020. The van der Waals surface area contributed by atoms with Gasteiger partial charge in [0.25, 0.3) is 5.56 Å². The van der Waals surface area contributed by atoms with Gasteiger partial charge in [0.15, 0.2) is 0 Å². The van der Waals surface area contributed by atoms with E-state index in [1.165, 1.54) is 22.8 Å². The molecule has 5 nitrogen and oxygen atoms in total. The predicted octanol–water partition coefficient (Wildman–Crippen LogP) is 3.18. The van der Waals surface area contributed by atoms with Crippen molar-refractivity contribution >= 4 is 29.0 Å². The molecule has 0 saturated heterocycles. The zero-order chi connectivity index (χ0) is 17.8. The largest absolute Gasteiger partial charge is 0.481 e. The van der Waals surface area contributed by atoms with Gasteiger partial charge < -0.3 is 5.11 Å². The van der Waals surface area contributed by atoms with Crippen LogP contribution in [0.1, 0.15) is 17.8 Å². The van der Waals surface area contributed by atoms with Crippen molar-refractivity contribution in [1.82, 2.24) is 9.55 Å². The first kappa shape index (κ1) is 16.6. The molecule has 0 fully saturated rings. The van der Waals surface area contributed by atoms with Crippen molar-refractivity contribution in [3.8, 4) is 0 Å². The lowest BCUT2D eigenvalue weighted by molar-refractivity contribution is -0.137. The van der Waals surface area contributed by atoms with E-state index in [4.69, 9.17) is 5.11 Å². The Morgan fingerprint density at radius 2 is 1.84 bits per heavy atom. The number of halogens is 1. The highest BCUT2D eigenvalue weighted by molar-refractivity contribution is 5.79. The van der Waals surface area contributed by atoms with Gasteiger partial charge in [-0.25, -0.2) is 9.37 Å². The summed E-state index contributed by atoms with van der Waals surface area (Å²) in [6.07, 6.45) is 2.83. The van der Waals surface area contributed by atoms with Crippen LogP contribution < -0.4 is 5.56 Å². The second kappa shape index (κ2) is 7.09. The summed E-state index contributed by atoms with van der Waals surface area (Å²) >= 11 is 0. The zero-order valence-electron chi connectivity index (χ0n) is 13.2. The summed E-state index contributed by atoms with van der Waals surface area (Å²) in [5, 5.41) is 9.32. The van der Waals surface area contributed by atoms with Gasteiger partial charge in [-0.3, -0.25) is 14.2 Å². The second-order valence-corrected chi connectivity index (χ2v) is 5.44. The molecular formula is C19H15FN2O3. The van der Waals surface area contributed by atoms with Crippen molar-refractivity contribution in [3.05, 3.63) is 76.1 Å². The van der Waals surface area contributed by atoms with Gasteiger partial charge in [-0.1, -0.05) is 30.3 Å². The molecule has 0 atom stereocenters. The first-order valence-electron chi connectivity index (χ1n) is 7.70. The molecule has 3 aromatic rings. The Hall–Kier alpha value is -3.28. The summed E-state index contributed by atoms with van der Waals surface area (Å²) < 4.78 is 15.1. The van der Waals surface area contributed by atoms with Crippen LogP contribution in [0.15, 0.2) is 53.3 Å². The van der Waals surface area contributed by atoms with Crippen LogP contribution in [-0.2, 0) is 11.3 Å². The molecule has 0 radical (unpaired) electrons. The molecule has 126 valence electrons. The van der Waals surface area contributed by atoms with E-state index in [0.29, 0.717) is 16.5 Å². The van der Waals surface area contributed by atoms with Gasteiger partial charge in [-0.2, -0.15) is 0 Å². The Balaban J connectivity index is 2.11. The molecule has 0 aliphatic carbocycles. The van der Waals surface area contributed by atoms with Crippen LogP contribution in [0.3, 0.4) is 0 Å². The summed E-state index contributed by atoms with van der Waals surface area (Å²) in [6, 6.07) is 13.1. The SMILES string of the molecule is O=C(O)CCn1c(/C=C/c2ccccc2F)nc2ccccc2c1=O. The van der Waals surface area contributed by atoms with E-state index in [-0.39, 0.29) is 30.2 Å². The van der Waals surface area contributed by atoms with E-state index >= 15 is 0 Å². The van der Waals surface area contributed by atoms with Crippen molar-refractivity contribution in [2.24, 2.45) is 0 Å². The van der Waals surface area contributed by atoms with Crippen LogP contribution in [0.2, 0.25) is 0 Å².